The van der Waals surface area contributed by atoms with E-state index in [0.29, 0.717) is 17.6 Å². The van der Waals surface area contributed by atoms with E-state index in [1.165, 1.54) is 56.6 Å². The maximum absolute atomic E-state index is 13.6. The highest BCUT2D eigenvalue weighted by Crippen LogP contribution is 2.27. The zero-order valence-corrected chi connectivity index (χ0v) is 13.2. The molecular formula is C18H22FN3O. The van der Waals surface area contributed by atoms with Gasteiger partial charge in [0.05, 0.1) is 11.1 Å². The minimum atomic E-state index is -0.467. The third kappa shape index (κ3) is 4.03. The van der Waals surface area contributed by atoms with E-state index in [2.05, 4.69) is 15.3 Å². The quantitative estimate of drug-likeness (QED) is 0.852. The summed E-state index contributed by atoms with van der Waals surface area (Å²) in [5.41, 5.74) is 1.10. The predicted molar refractivity (Wildman–Crippen MR) is 87.6 cm³/mol. The van der Waals surface area contributed by atoms with Crippen LogP contribution in [0.3, 0.4) is 0 Å². The molecule has 1 amide bonds. The van der Waals surface area contributed by atoms with Crippen molar-refractivity contribution in [3.63, 3.8) is 0 Å². The summed E-state index contributed by atoms with van der Waals surface area (Å²) in [5.74, 6) is 0.0607. The Morgan fingerprint density at radius 2 is 1.96 bits per heavy atom. The Hall–Kier alpha value is -2.04. The molecule has 122 valence electrons. The summed E-state index contributed by atoms with van der Waals surface area (Å²) in [6.45, 7) is 0.619. The van der Waals surface area contributed by atoms with Gasteiger partial charge >= 0.3 is 0 Å². The monoisotopic (exact) mass is 315 g/mol. The zero-order valence-electron chi connectivity index (χ0n) is 13.2. The van der Waals surface area contributed by atoms with Crippen molar-refractivity contribution in [2.75, 3.05) is 6.54 Å². The van der Waals surface area contributed by atoms with Crippen molar-refractivity contribution in [2.24, 2.45) is 5.92 Å². The Morgan fingerprint density at radius 3 is 2.78 bits per heavy atom. The number of carbonyl (C=O) groups excluding carboxylic acids is 1. The molecule has 0 atom stereocenters. The van der Waals surface area contributed by atoms with Crippen molar-refractivity contribution >= 4 is 16.9 Å². The number of aromatic nitrogens is 2. The second kappa shape index (κ2) is 7.49. The van der Waals surface area contributed by atoms with Crippen LogP contribution in [0.2, 0.25) is 0 Å². The van der Waals surface area contributed by atoms with Crippen LogP contribution in [0.5, 0.6) is 0 Å². The molecule has 3 rings (SSSR count). The molecule has 0 spiro atoms. The van der Waals surface area contributed by atoms with E-state index in [4.69, 9.17) is 0 Å². The van der Waals surface area contributed by atoms with E-state index >= 15 is 0 Å². The molecule has 1 N–H and O–H groups in total. The number of hydrogen-bond acceptors (Lipinski definition) is 3. The van der Waals surface area contributed by atoms with Crippen LogP contribution in [-0.4, -0.2) is 22.4 Å². The number of benzene rings is 1. The Bertz CT molecular complexity index is 683. The van der Waals surface area contributed by atoms with Gasteiger partial charge in [-0.15, -0.1) is 0 Å². The SMILES string of the molecule is O=C(NCCCC1CCCCC1)c1cc(F)cc2nccnc12. The van der Waals surface area contributed by atoms with E-state index in [1.807, 2.05) is 0 Å². The van der Waals surface area contributed by atoms with Crippen LogP contribution >= 0.6 is 0 Å². The fraction of sp³-hybridized carbons (Fsp3) is 0.500. The number of nitrogens with one attached hydrogen (secondary N) is 1. The Kier molecular flexibility index (Phi) is 5.16. The second-order valence-corrected chi connectivity index (χ2v) is 6.28. The van der Waals surface area contributed by atoms with Crippen molar-refractivity contribution in [1.82, 2.24) is 15.3 Å². The smallest absolute Gasteiger partial charge is 0.253 e. The molecule has 2 aromatic rings. The number of fused-ring (bicyclic) bond motifs is 1. The maximum atomic E-state index is 13.6. The molecule has 1 aromatic carbocycles. The number of carbonyl (C=O) groups is 1. The third-order valence-electron chi connectivity index (χ3n) is 4.58. The van der Waals surface area contributed by atoms with Crippen molar-refractivity contribution in [3.8, 4) is 0 Å². The molecule has 1 aliphatic carbocycles. The molecule has 0 unspecified atom stereocenters. The van der Waals surface area contributed by atoms with Crippen LogP contribution in [0.4, 0.5) is 4.39 Å². The van der Waals surface area contributed by atoms with Crippen molar-refractivity contribution in [3.05, 3.63) is 35.9 Å². The zero-order chi connectivity index (χ0) is 16.1. The van der Waals surface area contributed by atoms with Crippen LogP contribution in [0, 0.1) is 11.7 Å². The minimum absolute atomic E-state index is 0.255. The van der Waals surface area contributed by atoms with E-state index < -0.39 is 5.82 Å². The summed E-state index contributed by atoms with van der Waals surface area (Å²) < 4.78 is 13.6. The van der Waals surface area contributed by atoms with E-state index in [-0.39, 0.29) is 11.5 Å². The molecular weight excluding hydrogens is 293 g/mol. The molecule has 23 heavy (non-hydrogen) atoms. The Morgan fingerprint density at radius 1 is 1.17 bits per heavy atom. The van der Waals surface area contributed by atoms with Gasteiger partial charge in [0, 0.05) is 25.0 Å². The summed E-state index contributed by atoms with van der Waals surface area (Å²) in [6, 6.07) is 2.52. The molecule has 1 aromatic heterocycles. The van der Waals surface area contributed by atoms with Gasteiger partial charge in [0.1, 0.15) is 11.3 Å². The number of nitrogens with zero attached hydrogens (tertiary/aromatic N) is 2. The van der Waals surface area contributed by atoms with Gasteiger partial charge in [-0.2, -0.15) is 0 Å². The lowest BCUT2D eigenvalue weighted by Crippen LogP contribution is -2.25. The van der Waals surface area contributed by atoms with Gasteiger partial charge in [-0.25, -0.2) is 4.39 Å². The molecule has 0 bridgehead atoms. The normalized spacial score (nSPS) is 15.7. The van der Waals surface area contributed by atoms with Crippen LogP contribution in [0.15, 0.2) is 24.5 Å². The Labute approximate surface area is 135 Å². The number of rotatable bonds is 5. The van der Waals surface area contributed by atoms with Crippen LogP contribution in [0.1, 0.15) is 55.3 Å². The maximum Gasteiger partial charge on any atom is 0.253 e. The van der Waals surface area contributed by atoms with Crippen LogP contribution in [0.25, 0.3) is 11.0 Å². The lowest BCUT2D eigenvalue weighted by Gasteiger charge is -2.21. The highest BCUT2D eigenvalue weighted by atomic mass is 19.1. The molecule has 1 fully saturated rings. The van der Waals surface area contributed by atoms with Gasteiger partial charge in [-0.3, -0.25) is 14.8 Å². The average molecular weight is 315 g/mol. The van der Waals surface area contributed by atoms with E-state index in [9.17, 15) is 9.18 Å². The molecule has 1 saturated carbocycles. The molecule has 0 radical (unpaired) electrons. The van der Waals surface area contributed by atoms with Gasteiger partial charge in [0.25, 0.3) is 5.91 Å². The number of halogens is 1. The first kappa shape index (κ1) is 15.8. The van der Waals surface area contributed by atoms with E-state index in [0.717, 1.165) is 18.8 Å². The Balaban J connectivity index is 1.58. The first-order chi connectivity index (χ1) is 11.2. The summed E-state index contributed by atoms with van der Waals surface area (Å²) in [4.78, 5) is 20.5. The van der Waals surface area contributed by atoms with Gasteiger partial charge in [0.15, 0.2) is 0 Å². The van der Waals surface area contributed by atoms with Crippen LogP contribution in [-0.2, 0) is 0 Å². The molecule has 1 heterocycles. The average Bonchev–Trinajstić information content (AvgIpc) is 2.58. The third-order valence-corrected chi connectivity index (χ3v) is 4.58. The van der Waals surface area contributed by atoms with Gasteiger partial charge in [-0.05, 0) is 24.8 Å². The standard InChI is InChI=1S/C18H22FN3O/c19-14-11-15(17-16(12-14)20-9-10-21-17)18(23)22-8-4-7-13-5-2-1-3-6-13/h9-13H,1-8H2,(H,22,23). The predicted octanol–water partition coefficient (Wildman–Crippen LogP) is 3.86. The van der Waals surface area contributed by atoms with Crippen molar-refractivity contribution in [1.29, 1.82) is 0 Å². The molecule has 4 nitrogen and oxygen atoms in total. The summed E-state index contributed by atoms with van der Waals surface area (Å²) in [5, 5.41) is 2.88. The first-order valence-electron chi connectivity index (χ1n) is 8.42. The summed E-state index contributed by atoms with van der Waals surface area (Å²) in [6.07, 6.45) is 11.8. The number of hydrogen-bond donors (Lipinski definition) is 1. The summed E-state index contributed by atoms with van der Waals surface area (Å²) >= 11 is 0. The van der Waals surface area contributed by atoms with Gasteiger partial charge in [0.2, 0.25) is 0 Å². The lowest BCUT2D eigenvalue weighted by atomic mass is 9.86. The molecule has 1 aliphatic rings. The second-order valence-electron chi connectivity index (χ2n) is 6.28. The fourth-order valence-electron chi connectivity index (χ4n) is 3.38. The van der Waals surface area contributed by atoms with E-state index in [1.54, 1.807) is 0 Å². The fourth-order valence-corrected chi connectivity index (χ4v) is 3.38. The highest BCUT2D eigenvalue weighted by Gasteiger charge is 2.15. The topological polar surface area (TPSA) is 54.9 Å². The van der Waals surface area contributed by atoms with Gasteiger partial charge < -0.3 is 5.32 Å². The lowest BCUT2D eigenvalue weighted by molar-refractivity contribution is 0.0953. The van der Waals surface area contributed by atoms with Gasteiger partial charge in [-0.1, -0.05) is 32.1 Å². The largest absolute Gasteiger partial charge is 0.352 e. The van der Waals surface area contributed by atoms with Crippen molar-refractivity contribution < 1.29 is 9.18 Å². The molecule has 0 saturated heterocycles. The first-order valence-corrected chi connectivity index (χ1v) is 8.42. The van der Waals surface area contributed by atoms with Crippen LogP contribution < -0.4 is 5.32 Å². The minimum Gasteiger partial charge on any atom is -0.352 e. The number of amides is 1. The summed E-state index contributed by atoms with van der Waals surface area (Å²) in [7, 11) is 0. The molecule has 5 heteroatoms. The highest BCUT2D eigenvalue weighted by molar-refractivity contribution is 6.04. The van der Waals surface area contributed by atoms with Crippen molar-refractivity contribution in [2.45, 2.75) is 44.9 Å². The molecule has 0 aliphatic heterocycles.